The zero-order chi connectivity index (χ0) is 17.0. The molecule has 0 aliphatic carbocycles. The van der Waals surface area contributed by atoms with Gasteiger partial charge in [-0.3, -0.25) is 14.9 Å². The lowest BCUT2D eigenvalue weighted by molar-refractivity contribution is -0.385. The lowest BCUT2D eigenvalue weighted by Gasteiger charge is -2.05. The Balaban J connectivity index is 2.06. The van der Waals surface area contributed by atoms with Crippen LogP contribution in [-0.2, 0) is 4.74 Å². The van der Waals surface area contributed by atoms with Gasteiger partial charge in [0, 0.05) is 28.4 Å². The molecule has 0 amide bonds. The van der Waals surface area contributed by atoms with Crippen LogP contribution in [0, 0.1) is 17.0 Å². The Bertz CT molecular complexity index is 791. The number of nitro groups is 1. The number of rotatable bonds is 5. The van der Waals surface area contributed by atoms with Crippen molar-refractivity contribution in [1.29, 1.82) is 0 Å². The molecule has 0 fully saturated rings. The Kier molecular flexibility index (Phi) is 5.02. The highest BCUT2D eigenvalue weighted by Gasteiger charge is 2.17. The van der Waals surface area contributed by atoms with E-state index >= 15 is 0 Å². The van der Waals surface area contributed by atoms with Crippen molar-refractivity contribution in [3.63, 3.8) is 0 Å². The molecule has 1 aromatic carbocycles. The summed E-state index contributed by atoms with van der Waals surface area (Å²) in [6, 6.07) is 6.87. The summed E-state index contributed by atoms with van der Waals surface area (Å²) in [5.74, 6) is -1.36. The number of pyridine rings is 1. The second-order valence-electron chi connectivity index (χ2n) is 4.62. The van der Waals surface area contributed by atoms with Gasteiger partial charge < -0.3 is 4.74 Å². The van der Waals surface area contributed by atoms with Crippen LogP contribution in [0.2, 0.25) is 5.02 Å². The van der Waals surface area contributed by atoms with E-state index in [1.54, 1.807) is 6.92 Å². The monoisotopic (exact) mass is 334 g/mol. The van der Waals surface area contributed by atoms with Crippen molar-refractivity contribution in [3.05, 3.63) is 68.5 Å². The van der Waals surface area contributed by atoms with E-state index in [2.05, 4.69) is 4.98 Å². The molecule has 0 bridgehead atoms. The predicted molar refractivity (Wildman–Crippen MR) is 81.7 cm³/mol. The topological polar surface area (TPSA) is 99.4 Å². The average Bonchev–Trinajstić information content (AvgIpc) is 2.52. The number of nitro benzene ring substituents is 1. The minimum absolute atomic E-state index is 0.0276. The molecule has 118 valence electrons. The summed E-state index contributed by atoms with van der Waals surface area (Å²) >= 11 is 5.73. The van der Waals surface area contributed by atoms with Crippen LogP contribution >= 0.6 is 11.6 Å². The molecule has 8 heteroatoms. The number of hydrogen-bond acceptors (Lipinski definition) is 6. The largest absolute Gasteiger partial charge is 0.453 e. The summed E-state index contributed by atoms with van der Waals surface area (Å²) in [6.07, 6.45) is 1.34. The summed E-state index contributed by atoms with van der Waals surface area (Å²) < 4.78 is 4.85. The molecule has 0 atom stereocenters. The molecule has 1 heterocycles. The van der Waals surface area contributed by atoms with Gasteiger partial charge in [0.2, 0.25) is 5.78 Å². The van der Waals surface area contributed by atoms with E-state index in [1.807, 2.05) is 0 Å². The quantitative estimate of drug-likeness (QED) is 0.360. The van der Waals surface area contributed by atoms with Gasteiger partial charge in [-0.2, -0.15) is 0 Å². The number of benzene rings is 1. The zero-order valence-electron chi connectivity index (χ0n) is 12.0. The average molecular weight is 335 g/mol. The second-order valence-corrected chi connectivity index (χ2v) is 5.05. The molecule has 0 spiro atoms. The third-order valence-electron chi connectivity index (χ3n) is 2.99. The highest BCUT2D eigenvalue weighted by molar-refractivity contribution is 6.30. The first kappa shape index (κ1) is 16.6. The highest BCUT2D eigenvalue weighted by Crippen LogP contribution is 2.19. The van der Waals surface area contributed by atoms with Gasteiger partial charge >= 0.3 is 5.97 Å². The number of esters is 1. The lowest BCUT2D eigenvalue weighted by atomic mass is 10.1. The Morgan fingerprint density at radius 2 is 2.04 bits per heavy atom. The van der Waals surface area contributed by atoms with E-state index in [4.69, 9.17) is 16.3 Å². The Hall–Kier alpha value is -2.80. The first-order valence-corrected chi connectivity index (χ1v) is 6.83. The van der Waals surface area contributed by atoms with E-state index in [1.165, 1.54) is 30.5 Å². The van der Waals surface area contributed by atoms with Crippen LogP contribution in [-0.4, -0.2) is 28.3 Å². The number of Topliss-reactive ketones (excluding diaryl/α,β-unsaturated/α-hetero) is 1. The molecule has 0 saturated carbocycles. The molecule has 0 aliphatic rings. The van der Waals surface area contributed by atoms with Gasteiger partial charge in [0.1, 0.15) is 5.69 Å². The van der Waals surface area contributed by atoms with Gasteiger partial charge in [-0.1, -0.05) is 23.7 Å². The molecule has 23 heavy (non-hydrogen) atoms. The Morgan fingerprint density at radius 3 is 2.70 bits per heavy atom. The van der Waals surface area contributed by atoms with Crippen molar-refractivity contribution < 1.29 is 19.2 Å². The van der Waals surface area contributed by atoms with E-state index in [0.717, 1.165) is 6.07 Å². The van der Waals surface area contributed by atoms with E-state index in [0.29, 0.717) is 10.6 Å². The maximum atomic E-state index is 12.0. The second kappa shape index (κ2) is 6.97. The van der Waals surface area contributed by atoms with E-state index in [9.17, 15) is 19.7 Å². The van der Waals surface area contributed by atoms with Crippen LogP contribution in [0.25, 0.3) is 0 Å². The molecule has 0 aliphatic heterocycles. The van der Waals surface area contributed by atoms with Gasteiger partial charge in [-0.25, -0.2) is 9.78 Å². The molecular weight excluding hydrogens is 324 g/mol. The molecule has 2 rings (SSSR count). The molecule has 0 radical (unpaired) electrons. The molecule has 7 nitrogen and oxygen atoms in total. The number of aromatic nitrogens is 1. The van der Waals surface area contributed by atoms with E-state index in [-0.39, 0.29) is 16.9 Å². The maximum Gasteiger partial charge on any atom is 0.357 e. The lowest BCUT2D eigenvalue weighted by Crippen LogP contribution is -2.15. The minimum Gasteiger partial charge on any atom is -0.453 e. The number of ketones is 1. The van der Waals surface area contributed by atoms with Crippen molar-refractivity contribution in [2.45, 2.75) is 6.92 Å². The van der Waals surface area contributed by atoms with Crippen molar-refractivity contribution in [2.24, 2.45) is 0 Å². The zero-order valence-corrected chi connectivity index (χ0v) is 12.7. The Morgan fingerprint density at radius 1 is 1.30 bits per heavy atom. The number of carbonyl (C=O) groups excluding carboxylic acids is 2. The Labute approximate surface area is 136 Å². The molecule has 2 aromatic rings. The van der Waals surface area contributed by atoms with Gasteiger partial charge in [-0.15, -0.1) is 0 Å². The van der Waals surface area contributed by atoms with Crippen molar-refractivity contribution in [3.8, 4) is 0 Å². The van der Waals surface area contributed by atoms with Gasteiger partial charge in [0.05, 0.1) is 4.92 Å². The SMILES string of the molecule is Cc1ccc(C(=O)COC(=O)c2cc(Cl)ccn2)cc1[N+](=O)[O-]. The molecule has 0 saturated heterocycles. The number of carbonyl (C=O) groups is 2. The van der Waals surface area contributed by atoms with Crippen molar-refractivity contribution in [1.82, 2.24) is 4.98 Å². The maximum absolute atomic E-state index is 12.0. The van der Waals surface area contributed by atoms with Gasteiger partial charge in [0.25, 0.3) is 5.69 Å². The summed E-state index contributed by atoms with van der Waals surface area (Å²) in [5.41, 5.74) is 0.333. The minimum atomic E-state index is -0.803. The van der Waals surface area contributed by atoms with Crippen LogP contribution in [0.1, 0.15) is 26.4 Å². The fourth-order valence-electron chi connectivity index (χ4n) is 1.78. The summed E-state index contributed by atoms with van der Waals surface area (Å²) in [6.45, 7) is 1.02. The first-order valence-electron chi connectivity index (χ1n) is 6.45. The number of aryl methyl sites for hydroxylation is 1. The summed E-state index contributed by atoms with van der Waals surface area (Å²) in [5, 5.41) is 11.2. The van der Waals surface area contributed by atoms with Crippen LogP contribution in [0.5, 0.6) is 0 Å². The van der Waals surface area contributed by atoms with Crippen molar-refractivity contribution in [2.75, 3.05) is 6.61 Å². The highest BCUT2D eigenvalue weighted by atomic mass is 35.5. The molecule has 1 aromatic heterocycles. The number of nitrogens with zero attached hydrogens (tertiary/aromatic N) is 2. The molecule has 0 unspecified atom stereocenters. The standard InChI is InChI=1S/C15H11ClN2O5/c1-9-2-3-10(6-13(9)18(21)22)14(19)8-23-15(20)12-7-11(16)4-5-17-12/h2-7H,8H2,1H3. The normalized spacial score (nSPS) is 10.2. The third kappa shape index (κ3) is 4.10. The number of halogens is 1. The number of hydrogen-bond donors (Lipinski definition) is 0. The van der Waals surface area contributed by atoms with E-state index < -0.39 is 23.3 Å². The summed E-state index contributed by atoms with van der Waals surface area (Å²) in [7, 11) is 0. The molecule has 0 N–H and O–H groups in total. The predicted octanol–water partition coefficient (Wildman–Crippen LogP) is 2.99. The third-order valence-corrected chi connectivity index (χ3v) is 3.23. The van der Waals surface area contributed by atoms with Crippen molar-refractivity contribution >= 4 is 29.0 Å². The first-order chi connectivity index (χ1) is 10.9. The van der Waals surface area contributed by atoms with Crippen LogP contribution < -0.4 is 0 Å². The smallest absolute Gasteiger partial charge is 0.357 e. The van der Waals surface area contributed by atoms with Crippen LogP contribution in [0.4, 0.5) is 5.69 Å². The van der Waals surface area contributed by atoms with Gasteiger partial charge in [0.15, 0.2) is 6.61 Å². The fourth-order valence-corrected chi connectivity index (χ4v) is 1.94. The molecular formula is C15H11ClN2O5. The van der Waals surface area contributed by atoms with Crippen LogP contribution in [0.15, 0.2) is 36.5 Å². The van der Waals surface area contributed by atoms with Gasteiger partial charge in [-0.05, 0) is 19.1 Å². The summed E-state index contributed by atoms with van der Waals surface area (Å²) in [4.78, 5) is 37.8. The fraction of sp³-hybridized carbons (Fsp3) is 0.133. The van der Waals surface area contributed by atoms with Crippen LogP contribution in [0.3, 0.4) is 0 Å². The number of ether oxygens (including phenoxy) is 1.